The molecule has 1 aromatic rings. The van der Waals surface area contributed by atoms with Crippen molar-refractivity contribution in [3.63, 3.8) is 0 Å². The van der Waals surface area contributed by atoms with Gasteiger partial charge in [-0.1, -0.05) is 19.9 Å². The standard InChI is InChI=1S/C21H32N2O3/c1-6-17(7-2)21(25)23-10-8-22(9-11-23)20(24)14-18-12-15(3)16(4)13-19(18)26-5/h12-13,17H,6-11,14H2,1-5H3. The number of ether oxygens (including phenoxy) is 1. The van der Waals surface area contributed by atoms with E-state index in [0.29, 0.717) is 32.6 Å². The highest BCUT2D eigenvalue weighted by Crippen LogP contribution is 2.24. The Balaban J connectivity index is 1.97. The maximum Gasteiger partial charge on any atom is 0.227 e. The second-order valence-electron chi connectivity index (χ2n) is 7.14. The first-order chi connectivity index (χ1) is 12.4. The minimum atomic E-state index is 0.0983. The van der Waals surface area contributed by atoms with Crippen LogP contribution in [0.2, 0.25) is 0 Å². The average molecular weight is 360 g/mol. The zero-order valence-electron chi connectivity index (χ0n) is 16.8. The number of benzene rings is 1. The smallest absolute Gasteiger partial charge is 0.227 e. The van der Waals surface area contributed by atoms with Crippen LogP contribution in [0.1, 0.15) is 43.4 Å². The first-order valence-corrected chi connectivity index (χ1v) is 9.61. The van der Waals surface area contributed by atoms with E-state index in [4.69, 9.17) is 4.74 Å². The molecule has 0 bridgehead atoms. The highest BCUT2D eigenvalue weighted by molar-refractivity contribution is 5.81. The molecule has 5 nitrogen and oxygen atoms in total. The topological polar surface area (TPSA) is 49.9 Å². The third-order valence-electron chi connectivity index (χ3n) is 5.52. The van der Waals surface area contributed by atoms with Crippen molar-refractivity contribution in [2.24, 2.45) is 5.92 Å². The molecule has 1 heterocycles. The monoisotopic (exact) mass is 360 g/mol. The Morgan fingerprint density at radius 2 is 1.54 bits per heavy atom. The molecule has 0 spiro atoms. The summed E-state index contributed by atoms with van der Waals surface area (Å²) in [5.41, 5.74) is 3.25. The van der Waals surface area contributed by atoms with E-state index in [-0.39, 0.29) is 17.7 Å². The lowest BCUT2D eigenvalue weighted by Crippen LogP contribution is -2.52. The number of carbonyl (C=O) groups excluding carboxylic acids is 2. The zero-order valence-corrected chi connectivity index (χ0v) is 16.8. The number of carbonyl (C=O) groups is 2. The van der Waals surface area contributed by atoms with Crippen LogP contribution in [0.25, 0.3) is 0 Å². The molecular weight excluding hydrogens is 328 g/mol. The first kappa shape index (κ1) is 20.3. The van der Waals surface area contributed by atoms with Crippen molar-refractivity contribution in [3.8, 4) is 5.75 Å². The van der Waals surface area contributed by atoms with E-state index in [1.54, 1.807) is 7.11 Å². The lowest BCUT2D eigenvalue weighted by atomic mass is 10.0. The van der Waals surface area contributed by atoms with E-state index in [2.05, 4.69) is 13.8 Å². The molecule has 1 fully saturated rings. The lowest BCUT2D eigenvalue weighted by molar-refractivity contribution is -0.142. The summed E-state index contributed by atoms with van der Waals surface area (Å²) >= 11 is 0. The third-order valence-corrected chi connectivity index (χ3v) is 5.52. The number of hydrogen-bond acceptors (Lipinski definition) is 3. The average Bonchev–Trinajstić information content (AvgIpc) is 2.65. The summed E-state index contributed by atoms with van der Waals surface area (Å²) in [5.74, 6) is 1.21. The van der Waals surface area contributed by atoms with Crippen LogP contribution in [0.5, 0.6) is 5.75 Å². The van der Waals surface area contributed by atoms with Crippen LogP contribution >= 0.6 is 0 Å². The summed E-state index contributed by atoms with van der Waals surface area (Å²) in [6.07, 6.45) is 2.09. The molecule has 1 saturated heterocycles. The van der Waals surface area contributed by atoms with Gasteiger partial charge in [0.1, 0.15) is 5.75 Å². The van der Waals surface area contributed by atoms with Crippen LogP contribution in [-0.2, 0) is 16.0 Å². The predicted octanol–water partition coefficient (Wildman–Crippen LogP) is 2.96. The van der Waals surface area contributed by atoms with Crippen molar-refractivity contribution in [2.75, 3.05) is 33.3 Å². The summed E-state index contributed by atoms with van der Waals surface area (Å²) in [6, 6.07) is 4.03. The molecule has 1 aliphatic heterocycles. The van der Waals surface area contributed by atoms with Gasteiger partial charge in [-0.15, -0.1) is 0 Å². The van der Waals surface area contributed by atoms with Gasteiger partial charge in [-0.05, 0) is 43.9 Å². The van der Waals surface area contributed by atoms with Crippen molar-refractivity contribution in [2.45, 2.75) is 47.0 Å². The zero-order chi connectivity index (χ0) is 19.3. The molecule has 0 atom stereocenters. The quantitative estimate of drug-likeness (QED) is 0.784. The maximum atomic E-state index is 12.7. The van der Waals surface area contributed by atoms with E-state index in [9.17, 15) is 9.59 Å². The molecule has 26 heavy (non-hydrogen) atoms. The Kier molecular flexibility index (Phi) is 7.06. The molecular formula is C21H32N2O3. The van der Waals surface area contributed by atoms with Gasteiger partial charge in [-0.2, -0.15) is 0 Å². The van der Waals surface area contributed by atoms with Gasteiger partial charge in [0.05, 0.1) is 13.5 Å². The van der Waals surface area contributed by atoms with Gasteiger partial charge in [0, 0.05) is 37.7 Å². The van der Waals surface area contributed by atoms with Crippen LogP contribution in [0.4, 0.5) is 0 Å². The van der Waals surface area contributed by atoms with Crippen molar-refractivity contribution < 1.29 is 14.3 Å². The summed E-state index contributed by atoms with van der Waals surface area (Å²) < 4.78 is 5.45. The van der Waals surface area contributed by atoms with Gasteiger partial charge in [-0.25, -0.2) is 0 Å². The summed E-state index contributed by atoms with van der Waals surface area (Å²) in [6.45, 7) is 10.7. The molecule has 0 N–H and O–H groups in total. The van der Waals surface area contributed by atoms with E-state index < -0.39 is 0 Å². The molecule has 0 aromatic heterocycles. The molecule has 5 heteroatoms. The van der Waals surface area contributed by atoms with E-state index in [1.165, 1.54) is 0 Å². The maximum absolute atomic E-state index is 12.7. The van der Waals surface area contributed by atoms with Crippen LogP contribution in [0.3, 0.4) is 0 Å². The fourth-order valence-electron chi connectivity index (χ4n) is 3.52. The highest BCUT2D eigenvalue weighted by Gasteiger charge is 2.27. The van der Waals surface area contributed by atoms with Crippen molar-refractivity contribution >= 4 is 11.8 Å². The SMILES string of the molecule is CCC(CC)C(=O)N1CCN(C(=O)Cc2cc(C)c(C)cc2OC)CC1. The van der Waals surface area contributed by atoms with Crippen LogP contribution in [-0.4, -0.2) is 54.9 Å². The van der Waals surface area contributed by atoms with Crippen LogP contribution in [0, 0.1) is 19.8 Å². The van der Waals surface area contributed by atoms with Crippen LogP contribution < -0.4 is 4.74 Å². The van der Waals surface area contributed by atoms with Gasteiger partial charge in [-0.3, -0.25) is 9.59 Å². The molecule has 144 valence electrons. The van der Waals surface area contributed by atoms with E-state index >= 15 is 0 Å². The lowest BCUT2D eigenvalue weighted by Gasteiger charge is -2.36. The number of piperazine rings is 1. The molecule has 0 unspecified atom stereocenters. The third kappa shape index (κ3) is 4.57. The number of nitrogens with zero attached hydrogens (tertiary/aromatic N) is 2. The first-order valence-electron chi connectivity index (χ1n) is 9.61. The second-order valence-corrected chi connectivity index (χ2v) is 7.14. The van der Waals surface area contributed by atoms with Gasteiger partial charge < -0.3 is 14.5 Å². The van der Waals surface area contributed by atoms with Gasteiger partial charge in [0.2, 0.25) is 11.8 Å². The van der Waals surface area contributed by atoms with E-state index in [0.717, 1.165) is 35.3 Å². The summed E-state index contributed by atoms with van der Waals surface area (Å²) in [5, 5.41) is 0. The van der Waals surface area contributed by atoms with Gasteiger partial charge >= 0.3 is 0 Å². The Labute approximate surface area is 157 Å². The number of amides is 2. The molecule has 1 aliphatic rings. The molecule has 0 saturated carbocycles. The fraction of sp³-hybridized carbons (Fsp3) is 0.619. The Bertz CT molecular complexity index is 645. The van der Waals surface area contributed by atoms with Crippen molar-refractivity contribution in [1.29, 1.82) is 0 Å². The molecule has 2 rings (SSSR count). The molecule has 2 amide bonds. The minimum absolute atomic E-state index is 0.0983. The largest absolute Gasteiger partial charge is 0.496 e. The number of aryl methyl sites for hydroxylation is 2. The molecule has 1 aromatic carbocycles. The minimum Gasteiger partial charge on any atom is -0.496 e. The highest BCUT2D eigenvalue weighted by atomic mass is 16.5. The summed E-state index contributed by atoms with van der Waals surface area (Å²) in [7, 11) is 1.64. The van der Waals surface area contributed by atoms with E-state index in [1.807, 2.05) is 35.8 Å². The number of hydrogen-bond donors (Lipinski definition) is 0. The van der Waals surface area contributed by atoms with Crippen LogP contribution in [0.15, 0.2) is 12.1 Å². The Hall–Kier alpha value is -2.04. The number of rotatable bonds is 6. The molecule has 0 aliphatic carbocycles. The summed E-state index contributed by atoms with van der Waals surface area (Å²) in [4.78, 5) is 29.0. The fourth-order valence-corrected chi connectivity index (χ4v) is 3.52. The number of methoxy groups -OCH3 is 1. The van der Waals surface area contributed by atoms with Crippen molar-refractivity contribution in [3.05, 3.63) is 28.8 Å². The molecule has 0 radical (unpaired) electrons. The normalized spacial score (nSPS) is 14.7. The van der Waals surface area contributed by atoms with Crippen molar-refractivity contribution in [1.82, 2.24) is 9.80 Å². The Morgan fingerprint density at radius 3 is 2.08 bits per heavy atom. The van der Waals surface area contributed by atoms with Gasteiger partial charge in [0.25, 0.3) is 0 Å². The predicted molar refractivity (Wildman–Crippen MR) is 103 cm³/mol. The second kappa shape index (κ2) is 9.06. The van der Waals surface area contributed by atoms with Gasteiger partial charge in [0.15, 0.2) is 0 Å². The Morgan fingerprint density at radius 1 is 1.00 bits per heavy atom.